The fourth-order valence-electron chi connectivity index (χ4n) is 1.37. The highest BCUT2D eigenvalue weighted by Gasteiger charge is 2.04. The van der Waals surface area contributed by atoms with Crippen molar-refractivity contribution in [2.75, 3.05) is 18.9 Å². The summed E-state index contributed by atoms with van der Waals surface area (Å²) in [6.45, 7) is 2.06. The van der Waals surface area contributed by atoms with E-state index in [0.29, 0.717) is 11.6 Å². The van der Waals surface area contributed by atoms with Gasteiger partial charge in [-0.2, -0.15) is 0 Å². The molecule has 0 fully saturated rings. The van der Waals surface area contributed by atoms with E-state index in [0.717, 1.165) is 10.6 Å². The van der Waals surface area contributed by atoms with Crippen molar-refractivity contribution >= 4 is 35.2 Å². The zero-order chi connectivity index (χ0) is 16.2. The third-order valence-corrected chi connectivity index (χ3v) is 3.65. The van der Waals surface area contributed by atoms with Gasteiger partial charge in [0.05, 0.1) is 0 Å². The number of nitrogens with one attached hydrogen (secondary N) is 1. The molecule has 4 nitrogen and oxygen atoms in total. The number of thioether (sulfide) groups is 1. The summed E-state index contributed by atoms with van der Waals surface area (Å²) >= 11 is 7.41. The van der Waals surface area contributed by atoms with Gasteiger partial charge in [-0.15, -0.1) is 11.8 Å². The van der Waals surface area contributed by atoms with E-state index >= 15 is 0 Å². The summed E-state index contributed by atoms with van der Waals surface area (Å²) in [5.41, 5.74) is 0. The number of ether oxygens (including phenoxy) is 1. The Morgan fingerprint density at radius 3 is 2.68 bits per heavy atom. The lowest BCUT2D eigenvalue weighted by Crippen LogP contribution is -2.30. The summed E-state index contributed by atoms with van der Waals surface area (Å²) in [5.74, 6) is -0.129. The second kappa shape index (κ2) is 10.9. The minimum absolute atomic E-state index is 0.273. The number of halogens is 1. The Labute approximate surface area is 139 Å². The van der Waals surface area contributed by atoms with E-state index in [9.17, 15) is 9.59 Å². The van der Waals surface area contributed by atoms with Crippen LogP contribution in [0.25, 0.3) is 0 Å². The summed E-state index contributed by atoms with van der Waals surface area (Å²) in [5, 5.41) is 3.38. The molecule has 0 aromatic heterocycles. The van der Waals surface area contributed by atoms with Gasteiger partial charge in [-0.1, -0.05) is 29.8 Å². The number of rotatable bonds is 8. The quantitative estimate of drug-likeness (QED) is 0.260. The number of allylic oxidation sites excluding steroid dienone is 3. The van der Waals surface area contributed by atoms with Crippen LogP contribution >= 0.6 is 23.4 Å². The van der Waals surface area contributed by atoms with Gasteiger partial charge in [-0.05, 0) is 31.2 Å². The molecule has 6 heteroatoms. The lowest BCUT2D eigenvalue weighted by Gasteiger charge is -2.05. The molecule has 0 saturated heterocycles. The Hall–Kier alpha value is -1.72. The number of hydrogen-bond acceptors (Lipinski definition) is 4. The molecule has 1 rings (SSSR count). The van der Waals surface area contributed by atoms with Gasteiger partial charge < -0.3 is 10.1 Å². The van der Waals surface area contributed by atoms with E-state index < -0.39 is 5.97 Å². The average molecular weight is 340 g/mol. The molecule has 0 aliphatic carbocycles. The SMILES string of the molecule is C/C=C/C=C/C(=O)OCC(=O)NCCSc1ccc(Cl)cc1. The van der Waals surface area contributed by atoms with E-state index in [2.05, 4.69) is 5.32 Å². The van der Waals surface area contributed by atoms with Crippen LogP contribution in [0.1, 0.15) is 6.92 Å². The highest BCUT2D eigenvalue weighted by atomic mass is 35.5. The molecule has 0 saturated carbocycles. The Kier molecular flexibility index (Phi) is 9.11. The second-order valence-electron chi connectivity index (χ2n) is 4.14. The van der Waals surface area contributed by atoms with E-state index in [1.807, 2.05) is 31.2 Å². The first kappa shape index (κ1) is 18.3. The fourth-order valence-corrected chi connectivity index (χ4v) is 2.27. The van der Waals surface area contributed by atoms with Crippen molar-refractivity contribution in [2.24, 2.45) is 0 Å². The van der Waals surface area contributed by atoms with Gasteiger partial charge in [0.25, 0.3) is 5.91 Å². The maximum atomic E-state index is 11.5. The minimum atomic E-state index is -0.538. The van der Waals surface area contributed by atoms with E-state index in [-0.39, 0.29) is 12.5 Å². The van der Waals surface area contributed by atoms with Gasteiger partial charge in [0.2, 0.25) is 0 Å². The minimum Gasteiger partial charge on any atom is -0.452 e. The van der Waals surface area contributed by atoms with Crippen molar-refractivity contribution in [1.29, 1.82) is 0 Å². The van der Waals surface area contributed by atoms with Crippen molar-refractivity contribution in [1.82, 2.24) is 5.32 Å². The topological polar surface area (TPSA) is 55.4 Å². The molecule has 0 atom stereocenters. The van der Waals surface area contributed by atoms with E-state index in [1.54, 1.807) is 30.0 Å². The summed E-state index contributed by atoms with van der Waals surface area (Å²) in [4.78, 5) is 23.8. The molecule has 1 N–H and O–H groups in total. The average Bonchev–Trinajstić information content (AvgIpc) is 2.51. The van der Waals surface area contributed by atoms with E-state index in [4.69, 9.17) is 16.3 Å². The number of benzene rings is 1. The number of esters is 1. The predicted molar refractivity (Wildman–Crippen MR) is 90.1 cm³/mol. The molecule has 22 heavy (non-hydrogen) atoms. The lowest BCUT2D eigenvalue weighted by atomic mass is 10.4. The zero-order valence-electron chi connectivity index (χ0n) is 12.3. The molecule has 1 aromatic carbocycles. The summed E-state index contributed by atoms with van der Waals surface area (Å²) < 4.78 is 4.79. The van der Waals surface area contributed by atoms with Gasteiger partial charge in [-0.3, -0.25) is 4.79 Å². The van der Waals surface area contributed by atoms with Crippen LogP contribution < -0.4 is 5.32 Å². The van der Waals surface area contributed by atoms with Crippen molar-refractivity contribution in [3.8, 4) is 0 Å². The normalized spacial score (nSPS) is 11.0. The number of carbonyl (C=O) groups is 2. The third-order valence-electron chi connectivity index (χ3n) is 2.39. The molecule has 0 heterocycles. The van der Waals surface area contributed by atoms with Gasteiger partial charge in [0.1, 0.15) is 0 Å². The molecule has 0 bridgehead atoms. The van der Waals surface area contributed by atoms with Crippen LogP contribution in [0.3, 0.4) is 0 Å². The number of amides is 1. The standard InChI is InChI=1S/C16H18ClNO3S/c1-2-3-4-5-16(20)21-12-15(19)18-10-11-22-14-8-6-13(17)7-9-14/h2-9H,10-12H2,1H3,(H,18,19)/b3-2+,5-4+. The van der Waals surface area contributed by atoms with Crippen LogP contribution in [0.15, 0.2) is 53.5 Å². The smallest absolute Gasteiger partial charge is 0.331 e. The first-order valence-corrected chi connectivity index (χ1v) is 8.09. The highest BCUT2D eigenvalue weighted by Crippen LogP contribution is 2.19. The Bertz CT molecular complexity index is 541. The van der Waals surface area contributed by atoms with Crippen LogP contribution in [-0.4, -0.2) is 30.8 Å². The zero-order valence-corrected chi connectivity index (χ0v) is 13.8. The fraction of sp³-hybridized carbons (Fsp3) is 0.250. The van der Waals surface area contributed by atoms with Crippen LogP contribution in [0, 0.1) is 0 Å². The highest BCUT2D eigenvalue weighted by molar-refractivity contribution is 7.99. The van der Waals surface area contributed by atoms with E-state index in [1.165, 1.54) is 6.08 Å². The molecule has 0 radical (unpaired) electrons. The molecular weight excluding hydrogens is 322 g/mol. The largest absolute Gasteiger partial charge is 0.452 e. The van der Waals surface area contributed by atoms with Gasteiger partial charge in [-0.25, -0.2) is 4.79 Å². The summed E-state index contributed by atoms with van der Waals surface area (Å²) in [6.07, 6.45) is 6.32. The maximum absolute atomic E-state index is 11.5. The van der Waals surface area contributed by atoms with Crippen LogP contribution in [-0.2, 0) is 14.3 Å². The van der Waals surface area contributed by atoms with Crippen molar-refractivity contribution in [3.05, 3.63) is 53.6 Å². The Balaban J connectivity index is 2.13. The summed E-state index contributed by atoms with van der Waals surface area (Å²) in [6, 6.07) is 7.49. The predicted octanol–water partition coefficient (Wildman–Crippen LogP) is 3.22. The number of carbonyl (C=O) groups excluding carboxylic acids is 2. The van der Waals surface area contributed by atoms with Crippen LogP contribution in [0.5, 0.6) is 0 Å². The van der Waals surface area contributed by atoms with Crippen molar-refractivity contribution in [2.45, 2.75) is 11.8 Å². The molecule has 1 amide bonds. The molecule has 0 aliphatic rings. The third kappa shape index (κ3) is 8.54. The van der Waals surface area contributed by atoms with Gasteiger partial charge in [0, 0.05) is 28.3 Å². The first-order valence-electron chi connectivity index (χ1n) is 6.73. The van der Waals surface area contributed by atoms with Crippen molar-refractivity contribution < 1.29 is 14.3 Å². The van der Waals surface area contributed by atoms with Crippen LogP contribution in [0.2, 0.25) is 5.02 Å². The maximum Gasteiger partial charge on any atom is 0.331 e. The molecule has 1 aromatic rings. The molecular formula is C16H18ClNO3S. The van der Waals surface area contributed by atoms with Gasteiger partial charge in [0.15, 0.2) is 6.61 Å². The monoisotopic (exact) mass is 339 g/mol. The molecule has 118 valence electrons. The summed E-state index contributed by atoms with van der Waals surface area (Å²) in [7, 11) is 0. The Morgan fingerprint density at radius 2 is 2.00 bits per heavy atom. The first-order chi connectivity index (χ1) is 10.6. The van der Waals surface area contributed by atoms with Crippen molar-refractivity contribution in [3.63, 3.8) is 0 Å². The van der Waals surface area contributed by atoms with Gasteiger partial charge >= 0.3 is 5.97 Å². The molecule has 0 aliphatic heterocycles. The molecule has 0 unspecified atom stereocenters. The second-order valence-corrected chi connectivity index (χ2v) is 5.75. The van der Waals surface area contributed by atoms with Crippen LogP contribution in [0.4, 0.5) is 0 Å². The molecule has 0 spiro atoms. The Morgan fingerprint density at radius 1 is 1.27 bits per heavy atom. The number of hydrogen-bond donors (Lipinski definition) is 1. The lowest BCUT2D eigenvalue weighted by molar-refractivity contribution is -0.143.